The van der Waals surface area contributed by atoms with Crippen LogP contribution >= 0.6 is 15.9 Å². The van der Waals surface area contributed by atoms with Gasteiger partial charge in [0.25, 0.3) is 0 Å². The fourth-order valence-corrected chi connectivity index (χ4v) is 2.94. The van der Waals surface area contributed by atoms with Crippen molar-refractivity contribution in [1.29, 1.82) is 0 Å². The molecule has 0 amide bonds. The average Bonchev–Trinajstić information content (AvgIpc) is 2.36. The molecule has 1 aromatic rings. The highest BCUT2D eigenvalue weighted by molar-refractivity contribution is 9.10. The third-order valence-electron chi connectivity index (χ3n) is 3.34. The topological polar surface area (TPSA) is 21.3 Å². The van der Waals surface area contributed by atoms with Gasteiger partial charge in [0.2, 0.25) is 0 Å². The molecule has 0 aliphatic carbocycles. The van der Waals surface area contributed by atoms with Gasteiger partial charge in [-0.15, -0.1) is 0 Å². The van der Waals surface area contributed by atoms with Crippen molar-refractivity contribution in [2.75, 3.05) is 20.3 Å². The normalized spacial score (nSPS) is 19.2. The van der Waals surface area contributed by atoms with Crippen LogP contribution in [0.25, 0.3) is 0 Å². The van der Waals surface area contributed by atoms with Crippen molar-refractivity contribution in [3.05, 3.63) is 34.1 Å². The quantitative estimate of drug-likeness (QED) is 0.925. The van der Waals surface area contributed by atoms with E-state index in [9.17, 15) is 4.39 Å². The minimum Gasteiger partial charge on any atom is -0.381 e. The van der Waals surface area contributed by atoms with Gasteiger partial charge in [-0.1, -0.05) is 15.9 Å². The van der Waals surface area contributed by atoms with Crippen molar-refractivity contribution < 1.29 is 9.13 Å². The molecule has 0 bridgehead atoms. The number of halogens is 2. The van der Waals surface area contributed by atoms with Crippen LogP contribution in [0.5, 0.6) is 0 Å². The van der Waals surface area contributed by atoms with Gasteiger partial charge in [0.15, 0.2) is 0 Å². The van der Waals surface area contributed by atoms with Crippen LogP contribution in [-0.4, -0.2) is 20.3 Å². The summed E-state index contributed by atoms with van der Waals surface area (Å²) >= 11 is 3.50. The summed E-state index contributed by atoms with van der Waals surface area (Å²) in [6.45, 7) is 1.60. The molecule has 2 nitrogen and oxygen atoms in total. The van der Waals surface area contributed by atoms with E-state index in [1.54, 1.807) is 12.1 Å². The van der Waals surface area contributed by atoms with E-state index >= 15 is 0 Å². The van der Waals surface area contributed by atoms with Crippen molar-refractivity contribution in [3.8, 4) is 0 Å². The van der Waals surface area contributed by atoms with Crippen LogP contribution in [0.2, 0.25) is 0 Å². The Balaban J connectivity index is 2.24. The first-order valence-electron chi connectivity index (χ1n) is 5.92. The molecule has 4 heteroatoms. The third-order valence-corrected chi connectivity index (χ3v) is 4.06. The van der Waals surface area contributed by atoms with Crippen LogP contribution in [0, 0.1) is 11.7 Å². The molecule has 1 heterocycles. The highest BCUT2D eigenvalue weighted by atomic mass is 79.9. The molecule has 17 heavy (non-hydrogen) atoms. The van der Waals surface area contributed by atoms with Gasteiger partial charge in [0.05, 0.1) is 0 Å². The van der Waals surface area contributed by atoms with E-state index in [-0.39, 0.29) is 11.9 Å². The van der Waals surface area contributed by atoms with Gasteiger partial charge in [0, 0.05) is 23.7 Å². The summed E-state index contributed by atoms with van der Waals surface area (Å²) in [6.07, 6.45) is 2.04. The van der Waals surface area contributed by atoms with Crippen LogP contribution in [0.3, 0.4) is 0 Å². The van der Waals surface area contributed by atoms with E-state index in [4.69, 9.17) is 4.74 Å². The number of ether oxygens (including phenoxy) is 1. The Morgan fingerprint density at radius 1 is 1.41 bits per heavy atom. The Kier molecular flexibility index (Phi) is 4.54. The van der Waals surface area contributed by atoms with Crippen LogP contribution in [0.4, 0.5) is 4.39 Å². The maximum absolute atomic E-state index is 13.3. The summed E-state index contributed by atoms with van der Waals surface area (Å²) in [5.74, 6) is 0.322. The van der Waals surface area contributed by atoms with E-state index in [1.165, 1.54) is 6.07 Å². The zero-order chi connectivity index (χ0) is 12.3. The molecule has 0 radical (unpaired) electrons. The Labute approximate surface area is 110 Å². The number of benzene rings is 1. The second-order valence-corrected chi connectivity index (χ2v) is 5.24. The largest absolute Gasteiger partial charge is 0.381 e. The summed E-state index contributed by atoms with van der Waals surface area (Å²) in [5.41, 5.74) is 0.999. The summed E-state index contributed by atoms with van der Waals surface area (Å²) in [7, 11) is 1.93. The lowest BCUT2D eigenvalue weighted by molar-refractivity contribution is 0.0545. The second kappa shape index (κ2) is 5.94. The summed E-state index contributed by atoms with van der Waals surface area (Å²) < 4.78 is 19.7. The lowest BCUT2D eigenvalue weighted by Crippen LogP contribution is -2.30. The summed E-state index contributed by atoms with van der Waals surface area (Å²) in [5, 5.41) is 3.30. The second-order valence-electron chi connectivity index (χ2n) is 4.38. The Morgan fingerprint density at radius 3 is 2.76 bits per heavy atom. The first-order valence-corrected chi connectivity index (χ1v) is 6.71. The van der Waals surface area contributed by atoms with Crippen molar-refractivity contribution in [2.24, 2.45) is 5.92 Å². The van der Waals surface area contributed by atoms with Gasteiger partial charge < -0.3 is 10.1 Å². The molecule has 1 fully saturated rings. The predicted molar refractivity (Wildman–Crippen MR) is 69.4 cm³/mol. The minimum absolute atomic E-state index is 0.184. The molecular formula is C13H17BrFNO. The highest BCUT2D eigenvalue weighted by Gasteiger charge is 2.25. The van der Waals surface area contributed by atoms with Crippen molar-refractivity contribution >= 4 is 15.9 Å². The number of rotatable bonds is 3. The lowest BCUT2D eigenvalue weighted by Gasteiger charge is -2.31. The molecule has 1 aromatic carbocycles. The smallest absolute Gasteiger partial charge is 0.123 e. The number of nitrogens with one attached hydrogen (secondary N) is 1. The van der Waals surface area contributed by atoms with E-state index < -0.39 is 0 Å². The first kappa shape index (κ1) is 13.0. The molecule has 0 saturated carbocycles. The monoisotopic (exact) mass is 301 g/mol. The molecule has 94 valence electrons. The van der Waals surface area contributed by atoms with Gasteiger partial charge in [-0.2, -0.15) is 0 Å². The zero-order valence-corrected chi connectivity index (χ0v) is 11.5. The molecular weight excluding hydrogens is 285 g/mol. The minimum atomic E-state index is -0.185. The summed E-state index contributed by atoms with van der Waals surface area (Å²) in [6, 6.07) is 5.04. The predicted octanol–water partition coefficient (Wildman–Crippen LogP) is 3.28. The Hall–Kier alpha value is -0.450. The number of hydrogen-bond acceptors (Lipinski definition) is 2. The molecule has 1 unspecified atom stereocenters. The zero-order valence-electron chi connectivity index (χ0n) is 9.88. The fourth-order valence-electron chi connectivity index (χ4n) is 2.45. The maximum Gasteiger partial charge on any atom is 0.123 e. The molecule has 0 aromatic heterocycles. The summed E-state index contributed by atoms with van der Waals surface area (Å²) in [4.78, 5) is 0. The van der Waals surface area contributed by atoms with Crippen molar-refractivity contribution in [3.63, 3.8) is 0 Å². The van der Waals surface area contributed by atoms with E-state index in [2.05, 4.69) is 21.2 Å². The van der Waals surface area contributed by atoms with Crippen molar-refractivity contribution in [1.82, 2.24) is 5.32 Å². The van der Waals surface area contributed by atoms with Crippen LogP contribution < -0.4 is 5.32 Å². The molecule has 1 N–H and O–H groups in total. The van der Waals surface area contributed by atoms with E-state index in [1.807, 2.05) is 7.05 Å². The van der Waals surface area contributed by atoms with Gasteiger partial charge in [-0.25, -0.2) is 4.39 Å². The molecule has 1 atom stereocenters. The van der Waals surface area contributed by atoms with Gasteiger partial charge in [-0.3, -0.25) is 0 Å². The number of hydrogen-bond donors (Lipinski definition) is 1. The molecule has 2 rings (SSSR count). The molecule has 1 aliphatic heterocycles. The van der Waals surface area contributed by atoms with Crippen LogP contribution in [0.15, 0.2) is 22.7 Å². The van der Waals surface area contributed by atoms with E-state index in [0.29, 0.717) is 5.92 Å². The third kappa shape index (κ3) is 3.06. The highest BCUT2D eigenvalue weighted by Crippen LogP contribution is 2.34. The van der Waals surface area contributed by atoms with Gasteiger partial charge in [0.1, 0.15) is 5.82 Å². The average molecular weight is 302 g/mol. The Morgan fingerprint density at radius 2 is 2.12 bits per heavy atom. The SMILES string of the molecule is CNC(c1cc(F)ccc1Br)C1CCOCC1. The first-order chi connectivity index (χ1) is 8.22. The van der Waals surface area contributed by atoms with Gasteiger partial charge in [-0.05, 0) is 49.6 Å². The maximum atomic E-state index is 13.3. The van der Waals surface area contributed by atoms with Crippen LogP contribution in [-0.2, 0) is 4.74 Å². The Bertz CT molecular complexity index is 380. The standard InChI is InChI=1S/C13H17BrFNO/c1-16-13(9-4-6-17-7-5-9)11-8-10(15)2-3-12(11)14/h2-3,8-9,13,16H,4-7H2,1H3. The lowest BCUT2D eigenvalue weighted by atomic mass is 9.87. The molecule has 1 aliphatic rings. The van der Waals surface area contributed by atoms with Gasteiger partial charge >= 0.3 is 0 Å². The van der Waals surface area contributed by atoms with Crippen LogP contribution in [0.1, 0.15) is 24.4 Å². The van der Waals surface area contributed by atoms with Crippen molar-refractivity contribution in [2.45, 2.75) is 18.9 Å². The molecule has 1 saturated heterocycles. The van der Waals surface area contributed by atoms with E-state index in [0.717, 1.165) is 36.1 Å². The molecule has 0 spiro atoms. The fraction of sp³-hybridized carbons (Fsp3) is 0.538.